The molecule has 0 aliphatic carbocycles. The number of amides is 1. The number of aliphatic carboxylic acids is 1. The van der Waals surface area contributed by atoms with Crippen molar-refractivity contribution in [1.29, 1.82) is 0 Å². The summed E-state index contributed by atoms with van der Waals surface area (Å²) in [6.07, 6.45) is 0.648. The molecule has 110 valence electrons. The SMILES string of the molecule is CC(C)(CC(=O)O)CC(=O)NCCc1cccc(F)c1. The molecule has 0 aliphatic rings. The Bertz CT molecular complexity index is 486. The Balaban J connectivity index is 2.35. The summed E-state index contributed by atoms with van der Waals surface area (Å²) in [6, 6.07) is 6.23. The smallest absolute Gasteiger partial charge is 0.303 e. The summed E-state index contributed by atoms with van der Waals surface area (Å²) in [7, 11) is 0. The maximum atomic E-state index is 13.0. The van der Waals surface area contributed by atoms with Crippen LogP contribution in [0.25, 0.3) is 0 Å². The first-order valence-corrected chi connectivity index (χ1v) is 6.51. The third-order valence-corrected chi connectivity index (χ3v) is 2.89. The van der Waals surface area contributed by atoms with Crippen molar-refractivity contribution in [2.75, 3.05) is 6.54 Å². The number of halogens is 1. The topological polar surface area (TPSA) is 66.4 Å². The molecule has 0 heterocycles. The maximum Gasteiger partial charge on any atom is 0.303 e. The minimum Gasteiger partial charge on any atom is -0.481 e. The Morgan fingerprint density at radius 3 is 2.60 bits per heavy atom. The molecule has 0 saturated carbocycles. The summed E-state index contributed by atoms with van der Waals surface area (Å²) in [5, 5.41) is 11.5. The monoisotopic (exact) mass is 281 g/mol. The van der Waals surface area contributed by atoms with Gasteiger partial charge in [0.05, 0.1) is 6.42 Å². The van der Waals surface area contributed by atoms with E-state index in [-0.39, 0.29) is 24.6 Å². The van der Waals surface area contributed by atoms with Gasteiger partial charge >= 0.3 is 5.97 Å². The highest BCUT2D eigenvalue weighted by atomic mass is 19.1. The Morgan fingerprint density at radius 1 is 1.30 bits per heavy atom. The first-order chi connectivity index (χ1) is 9.28. The van der Waals surface area contributed by atoms with Gasteiger partial charge in [-0.2, -0.15) is 0 Å². The van der Waals surface area contributed by atoms with E-state index < -0.39 is 11.4 Å². The predicted octanol–water partition coefficient (Wildman–Crippen LogP) is 2.38. The average Bonchev–Trinajstić information content (AvgIpc) is 2.26. The second-order valence-corrected chi connectivity index (χ2v) is 5.64. The van der Waals surface area contributed by atoms with Crippen molar-refractivity contribution < 1.29 is 19.1 Å². The molecule has 1 rings (SSSR count). The fraction of sp³-hybridized carbons (Fsp3) is 0.467. The summed E-state index contributed by atoms with van der Waals surface area (Å²) in [4.78, 5) is 22.4. The van der Waals surface area contributed by atoms with Gasteiger partial charge in [0, 0.05) is 13.0 Å². The quantitative estimate of drug-likeness (QED) is 0.806. The molecule has 0 radical (unpaired) electrons. The average molecular weight is 281 g/mol. The summed E-state index contributed by atoms with van der Waals surface area (Å²) >= 11 is 0. The van der Waals surface area contributed by atoms with Gasteiger partial charge < -0.3 is 10.4 Å². The molecular weight excluding hydrogens is 261 g/mol. The fourth-order valence-electron chi connectivity index (χ4n) is 2.01. The van der Waals surface area contributed by atoms with Crippen molar-refractivity contribution in [1.82, 2.24) is 5.32 Å². The number of carbonyl (C=O) groups is 2. The van der Waals surface area contributed by atoms with E-state index in [4.69, 9.17) is 5.11 Å². The molecule has 5 heteroatoms. The molecule has 0 saturated heterocycles. The number of benzene rings is 1. The molecule has 0 spiro atoms. The summed E-state index contributed by atoms with van der Waals surface area (Å²) in [5.74, 6) is -1.40. The molecule has 0 aromatic heterocycles. The Morgan fingerprint density at radius 2 is 2.00 bits per heavy atom. The number of carbonyl (C=O) groups excluding carboxylic acids is 1. The number of rotatable bonds is 7. The highest BCUT2D eigenvalue weighted by molar-refractivity contribution is 5.77. The fourth-order valence-corrected chi connectivity index (χ4v) is 2.01. The van der Waals surface area contributed by atoms with E-state index in [2.05, 4.69) is 5.32 Å². The lowest BCUT2D eigenvalue weighted by Gasteiger charge is -2.21. The van der Waals surface area contributed by atoms with E-state index in [1.807, 2.05) is 0 Å². The summed E-state index contributed by atoms with van der Waals surface area (Å²) in [6.45, 7) is 3.89. The minimum atomic E-state index is -0.914. The summed E-state index contributed by atoms with van der Waals surface area (Å²) < 4.78 is 13.0. The van der Waals surface area contributed by atoms with Gasteiger partial charge in [-0.1, -0.05) is 26.0 Å². The molecule has 0 atom stereocenters. The standard InChI is InChI=1S/C15H20FNO3/c1-15(2,10-14(19)20)9-13(18)17-7-6-11-4-3-5-12(16)8-11/h3-5,8H,6-7,9-10H2,1-2H3,(H,17,18)(H,19,20). The Kier molecular flexibility index (Phi) is 5.67. The van der Waals surface area contributed by atoms with Gasteiger partial charge in [-0.05, 0) is 29.5 Å². The molecule has 20 heavy (non-hydrogen) atoms. The molecule has 0 bridgehead atoms. The lowest BCUT2D eigenvalue weighted by molar-refractivity contribution is -0.139. The molecule has 1 aromatic rings. The van der Waals surface area contributed by atoms with Gasteiger partial charge in [0.15, 0.2) is 0 Å². The zero-order chi connectivity index (χ0) is 15.2. The van der Waals surface area contributed by atoms with Crippen LogP contribution in [0.4, 0.5) is 4.39 Å². The van der Waals surface area contributed by atoms with E-state index in [0.29, 0.717) is 13.0 Å². The van der Waals surface area contributed by atoms with Crippen LogP contribution in [0.5, 0.6) is 0 Å². The first kappa shape index (κ1) is 16.1. The van der Waals surface area contributed by atoms with Gasteiger partial charge in [-0.3, -0.25) is 9.59 Å². The zero-order valence-corrected chi connectivity index (χ0v) is 11.8. The van der Waals surface area contributed by atoms with E-state index >= 15 is 0 Å². The Hall–Kier alpha value is -1.91. The molecule has 1 amide bonds. The summed E-state index contributed by atoms with van der Waals surface area (Å²) in [5.41, 5.74) is 0.240. The van der Waals surface area contributed by atoms with Crippen molar-refractivity contribution in [3.8, 4) is 0 Å². The largest absolute Gasteiger partial charge is 0.481 e. The maximum absolute atomic E-state index is 13.0. The molecular formula is C15H20FNO3. The van der Waals surface area contributed by atoms with Crippen LogP contribution in [0, 0.1) is 11.2 Å². The highest BCUT2D eigenvalue weighted by Gasteiger charge is 2.24. The molecule has 0 fully saturated rings. The van der Waals surface area contributed by atoms with Crippen LogP contribution >= 0.6 is 0 Å². The van der Waals surface area contributed by atoms with Crippen LogP contribution in [0.15, 0.2) is 24.3 Å². The van der Waals surface area contributed by atoms with E-state index in [9.17, 15) is 14.0 Å². The van der Waals surface area contributed by atoms with Gasteiger partial charge in [0.2, 0.25) is 5.91 Å². The number of carboxylic acid groups (broad SMARTS) is 1. The second kappa shape index (κ2) is 7.03. The van der Waals surface area contributed by atoms with E-state index in [1.54, 1.807) is 26.0 Å². The highest BCUT2D eigenvalue weighted by Crippen LogP contribution is 2.24. The minimum absolute atomic E-state index is 0.0513. The van der Waals surface area contributed by atoms with Crippen LogP contribution in [0.3, 0.4) is 0 Å². The van der Waals surface area contributed by atoms with Crippen molar-refractivity contribution >= 4 is 11.9 Å². The molecule has 0 aliphatic heterocycles. The van der Waals surface area contributed by atoms with Crippen molar-refractivity contribution in [3.05, 3.63) is 35.6 Å². The number of nitrogens with one attached hydrogen (secondary N) is 1. The number of hydrogen-bond donors (Lipinski definition) is 2. The lowest BCUT2D eigenvalue weighted by atomic mass is 9.85. The normalized spacial score (nSPS) is 11.2. The zero-order valence-electron chi connectivity index (χ0n) is 11.8. The Labute approximate surface area is 118 Å². The first-order valence-electron chi connectivity index (χ1n) is 6.51. The van der Waals surface area contributed by atoms with Crippen LogP contribution in [-0.2, 0) is 16.0 Å². The lowest BCUT2D eigenvalue weighted by Crippen LogP contribution is -2.31. The van der Waals surface area contributed by atoms with Crippen molar-refractivity contribution in [2.45, 2.75) is 33.1 Å². The van der Waals surface area contributed by atoms with Gasteiger partial charge in [0.1, 0.15) is 5.82 Å². The number of hydrogen-bond acceptors (Lipinski definition) is 2. The van der Waals surface area contributed by atoms with Crippen LogP contribution < -0.4 is 5.32 Å². The van der Waals surface area contributed by atoms with Crippen LogP contribution in [-0.4, -0.2) is 23.5 Å². The van der Waals surface area contributed by atoms with Gasteiger partial charge in [-0.25, -0.2) is 4.39 Å². The second-order valence-electron chi connectivity index (χ2n) is 5.64. The van der Waals surface area contributed by atoms with Crippen molar-refractivity contribution in [2.24, 2.45) is 5.41 Å². The molecule has 0 unspecified atom stereocenters. The van der Waals surface area contributed by atoms with Crippen molar-refractivity contribution in [3.63, 3.8) is 0 Å². The van der Waals surface area contributed by atoms with E-state index in [1.165, 1.54) is 12.1 Å². The van der Waals surface area contributed by atoms with Crippen LogP contribution in [0.2, 0.25) is 0 Å². The van der Waals surface area contributed by atoms with Crippen LogP contribution in [0.1, 0.15) is 32.3 Å². The molecule has 4 nitrogen and oxygen atoms in total. The molecule has 2 N–H and O–H groups in total. The molecule has 1 aromatic carbocycles. The predicted molar refractivity (Wildman–Crippen MR) is 73.8 cm³/mol. The number of carboxylic acids is 1. The van der Waals surface area contributed by atoms with Gasteiger partial charge in [-0.15, -0.1) is 0 Å². The third-order valence-electron chi connectivity index (χ3n) is 2.89. The van der Waals surface area contributed by atoms with Gasteiger partial charge in [0.25, 0.3) is 0 Å². The third kappa shape index (κ3) is 6.31. The van der Waals surface area contributed by atoms with E-state index in [0.717, 1.165) is 5.56 Å².